The van der Waals surface area contributed by atoms with Crippen molar-refractivity contribution in [1.29, 1.82) is 0 Å². The number of nitrogen functional groups attached to an aromatic ring is 1. The van der Waals surface area contributed by atoms with E-state index >= 15 is 0 Å². The quantitative estimate of drug-likeness (QED) is 0.117. The van der Waals surface area contributed by atoms with Crippen LogP contribution in [0, 0.1) is 11.5 Å². The topological polar surface area (TPSA) is 26.0 Å². The molecular weight excluding hydrogens is 455 g/mol. The van der Waals surface area contributed by atoms with Gasteiger partial charge in [-0.25, -0.2) is 0 Å². The fourth-order valence-corrected chi connectivity index (χ4v) is 12.7. The van der Waals surface area contributed by atoms with Crippen LogP contribution in [-0.2, 0) is 0 Å². The second-order valence-corrected chi connectivity index (χ2v) is 17.6. The standard InChI is InChI=1S/C29H31NS2Si/c1-17(2)33(18(3)4,19(5)6)12-9-22-23-13-20-7-10-32-28(20)16-26(23)29(30)25-14-21-8-11-31-27(21)15-24(22)25/h7-8,10-11,13-19H,30H2,1-6H3. The summed E-state index contributed by atoms with van der Waals surface area (Å²) in [5, 5.41) is 11.5. The third-order valence-corrected chi connectivity index (χ3v) is 15.6. The molecule has 0 saturated carbocycles. The molecule has 0 spiro atoms. The Morgan fingerprint density at radius 3 is 1.70 bits per heavy atom. The Morgan fingerprint density at radius 2 is 1.15 bits per heavy atom. The van der Waals surface area contributed by atoms with Crippen LogP contribution in [0.2, 0.25) is 16.6 Å². The van der Waals surface area contributed by atoms with Gasteiger partial charge in [0.15, 0.2) is 0 Å². The molecule has 0 radical (unpaired) electrons. The molecule has 168 valence electrons. The van der Waals surface area contributed by atoms with Crippen molar-refractivity contribution in [3.63, 3.8) is 0 Å². The lowest BCUT2D eigenvalue weighted by Gasteiger charge is -2.38. The fraction of sp³-hybridized carbons (Fsp3) is 0.310. The normalized spacial score (nSPS) is 12.6. The number of hydrogen-bond acceptors (Lipinski definition) is 3. The summed E-state index contributed by atoms with van der Waals surface area (Å²) in [5.41, 5.74) is 14.6. The van der Waals surface area contributed by atoms with E-state index in [1.807, 2.05) is 0 Å². The predicted octanol–water partition coefficient (Wildman–Crippen LogP) is 9.57. The van der Waals surface area contributed by atoms with E-state index in [2.05, 4.69) is 100 Å². The third kappa shape index (κ3) is 3.41. The molecular formula is C29H31NS2Si. The molecule has 0 amide bonds. The average molecular weight is 486 g/mol. The molecule has 33 heavy (non-hydrogen) atoms. The van der Waals surface area contributed by atoms with E-state index in [1.165, 1.54) is 30.9 Å². The Balaban J connectivity index is 1.94. The van der Waals surface area contributed by atoms with Crippen LogP contribution in [0.1, 0.15) is 47.1 Å². The van der Waals surface area contributed by atoms with Gasteiger partial charge in [0.2, 0.25) is 0 Å². The maximum Gasteiger partial charge on any atom is 0.146 e. The zero-order valence-electron chi connectivity index (χ0n) is 20.2. The van der Waals surface area contributed by atoms with Crippen molar-refractivity contribution < 1.29 is 0 Å². The molecule has 0 aliphatic carbocycles. The molecule has 2 N–H and O–H groups in total. The minimum absolute atomic E-state index is 0.601. The van der Waals surface area contributed by atoms with Gasteiger partial charge < -0.3 is 5.73 Å². The molecule has 1 nitrogen and oxygen atoms in total. The van der Waals surface area contributed by atoms with Crippen LogP contribution in [0.25, 0.3) is 41.7 Å². The molecule has 0 unspecified atom stereocenters. The predicted molar refractivity (Wildman–Crippen MR) is 155 cm³/mol. The average Bonchev–Trinajstić information content (AvgIpc) is 3.41. The van der Waals surface area contributed by atoms with Gasteiger partial charge in [-0.15, -0.1) is 28.2 Å². The lowest BCUT2D eigenvalue weighted by molar-refractivity contribution is 0.838. The van der Waals surface area contributed by atoms with Crippen molar-refractivity contribution in [3.05, 3.63) is 52.7 Å². The SMILES string of the molecule is CC(C)[Si](C#Cc1c2cc3ccsc3cc2c(N)c2cc3ccsc3cc12)(C(C)C)C(C)C. The summed E-state index contributed by atoms with van der Waals surface area (Å²) in [6.07, 6.45) is 0. The van der Waals surface area contributed by atoms with E-state index < -0.39 is 8.07 Å². The Kier molecular flexibility index (Phi) is 5.56. The van der Waals surface area contributed by atoms with Gasteiger partial charge in [0.05, 0.1) is 0 Å². The van der Waals surface area contributed by atoms with Crippen molar-refractivity contribution >= 4 is 78.2 Å². The first kappa shape index (κ1) is 22.5. The minimum Gasteiger partial charge on any atom is -0.398 e. The monoisotopic (exact) mass is 485 g/mol. The Bertz CT molecular complexity index is 1460. The molecule has 5 rings (SSSR count). The van der Waals surface area contributed by atoms with Gasteiger partial charge in [0.25, 0.3) is 0 Å². The lowest BCUT2D eigenvalue weighted by atomic mass is 9.94. The first-order chi connectivity index (χ1) is 15.7. The van der Waals surface area contributed by atoms with Crippen LogP contribution < -0.4 is 5.73 Å². The summed E-state index contributed by atoms with van der Waals surface area (Å²) in [6.45, 7) is 14.3. The molecule has 2 heterocycles. The number of benzene rings is 3. The van der Waals surface area contributed by atoms with Gasteiger partial charge >= 0.3 is 0 Å². The highest BCUT2D eigenvalue weighted by molar-refractivity contribution is 7.17. The minimum atomic E-state index is -1.87. The van der Waals surface area contributed by atoms with Crippen LogP contribution in [-0.4, -0.2) is 8.07 Å². The fourth-order valence-electron chi connectivity index (χ4n) is 5.91. The number of fused-ring (bicyclic) bond motifs is 4. The molecule has 5 aromatic rings. The van der Waals surface area contributed by atoms with E-state index in [-0.39, 0.29) is 0 Å². The van der Waals surface area contributed by atoms with Crippen LogP contribution >= 0.6 is 22.7 Å². The van der Waals surface area contributed by atoms with Gasteiger partial charge in [-0.3, -0.25) is 0 Å². The van der Waals surface area contributed by atoms with E-state index in [0.717, 1.165) is 22.0 Å². The van der Waals surface area contributed by atoms with E-state index in [1.54, 1.807) is 22.7 Å². The molecule has 0 saturated heterocycles. The number of thiophene rings is 2. The van der Waals surface area contributed by atoms with Crippen LogP contribution in [0.5, 0.6) is 0 Å². The molecule has 2 aromatic heterocycles. The van der Waals surface area contributed by atoms with E-state index in [0.29, 0.717) is 16.6 Å². The summed E-state index contributed by atoms with van der Waals surface area (Å²) in [6, 6.07) is 13.5. The zero-order valence-corrected chi connectivity index (χ0v) is 22.9. The Morgan fingerprint density at radius 1 is 0.697 bits per heavy atom. The van der Waals surface area contributed by atoms with Crippen molar-refractivity contribution in [2.75, 3.05) is 5.73 Å². The van der Waals surface area contributed by atoms with Gasteiger partial charge in [-0.2, -0.15) is 0 Å². The third-order valence-electron chi connectivity index (χ3n) is 7.57. The Labute approximate surface area is 205 Å². The molecule has 4 heteroatoms. The van der Waals surface area contributed by atoms with Gasteiger partial charge in [0, 0.05) is 42.2 Å². The molecule has 0 bridgehead atoms. The molecule has 0 aliphatic heterocycles. The maximum atomic E-state index is 6.84. The molecule has 0 atom stereocenters. The number of nitrogens with two attached hydrogens (primary N) is 1. The summed E-state index contributed by atoms with van der Waals surface area (Å²) in [7, 11) is -1.87. The summed E-state index contributed by atoms with van der Waals surface area (Å²) in [5.74, 6) is 3.82. The van der Waals surface area contributed by atoms with E-state index in [4.69, 9.17) is 5.73 Å². The van der Waals surface area contributed by atoms with Gasteiger partial charge in [0.1, 0.15) is 8.07 Å². The molecule has 0 fully saturated rings. The van der Waals surface area contributed by atoms with Crippen LogP contribution in [0.15, 0.2) is 47.2 Å². The van der Waals surface area contributed by atoms with Crippen molar-refractivity contribution in [1.82, 2.24) is 0 Å². The van der Waals surface area contributed by atoms with Crippen LogP contribution in [0.4, 0.5) is 5.69 Å². The summed E-state index contributed by atoms with van der Waals surface area (Å²) >= 11 is 3.56. The Hall–Kier alpha value is -2.32. The van der Waals surface area contributed by atoms with Gasteiger partial charge in [-0.1, -0.05) is 47.5 Å². The second-order valence-electron chi connectivity index (χ2n) is 10.1. The van der Waals surface area contributed by atoms with Crippen molar-refractivity contribution in [3.8, 4) is 11.5 Å². The lowest BCUT2D eigenvalue weighted by Crippen LogP contribution is -2.43. The first-order valence-electron chi connectivity index (χ1n) is 11.8. The first-order valence-corrected chi connectivity index (χ1v) is 15.8. The van der Waals surface area contributed by atoms with Crippen molar-refractivity contribution in [2.45, 2.75) is 58.2 Å². The highest BCUT2D eigenvalue weighted by Gasteiger charge is 2.41. The smallest absolute Gasteiger partial charge is 0.146 e. The number of rotatable bonds is 3. The van der Waals surface area contributed by atoms with Gasteiger partial charge in [-0.05, 0) is 74.6 Å². The maximum absolute atomic E-state index is 6.84. The summed E-state index contributed by atoms with van der Waals surface area (Å²) < 4.78 is 2.57. The van der Waals surface area contributed by atoms with Crippen LogP contribution in [0.3, 0.4) is 0 Å². The number of anilines is 1. The summed E-state index contributed by atoms with van der Waals surface area (Å²) in [4.78, 5) is 0. The van der Waals surface area contributed by atoms with E-state index in [9.17, 15) is 0 Å². The molecule has 3 aromatic carbocycles. The highest BCUT2D eigenvalue weighted by Crippen LogP contribution is 2.43. The largest absolute Gasteiger partial charge is 0.398 e. The molecule has 0 aliphatic rings. The highest BCUT2D eigenvalue weighted by atomic mass is 32.1. The van der Waals surface area contributed by atoms with Crippen molar-refractivity contribution in [2.24, 2.45) is 0 Å². The second kappa shape index (κ2) is 8.16. The zero-order chi connectivity index (χ0) is 23.5. The number of hydrogen-bond donors (Lipinski definition) is 1.